The predicted octanol–water partition coefficient (Wildman–Crippen LogP) is 2.66. The Morgan fingerprint density at radius 2 is 1.76 bits per heavy atom. The average Bonchev–Trinajstić information content (AvgIpc) is 2.96. The first kappa shape index (κ1) is 17.3. The molecule has 3 rings (SSSR count). The third-order valence-electron chi connectivity index (χ3n) is 4.80. The van der Waals surface area contributed by atoms with Crippen LogP contribution in [0.25, 0.3) is 0 Å². The maximum Gasteiger partial charge on any atom is 0.247 e. The third kappa shape index (κ3) is 3.21. The van der Waals surface area contributed by atoms with E-state index in [2.05, 4.69) is 5.10 Å². The molecule has 0 bridgehead atoms. The molecule has 0 spiro atoms. The van der Waals surface area contributed by atoms with E-state index >= 15 is 0 Å². The number of aryl methyl sites for hydroxylation is 2. The van der Waals surface area contributed by atoms with E-state index in [0.29, 0.717) is 18.8 Å². The molecule has 0 fully saturated rings. The molecule has 0 aliphatic carbocycles. The molecule has 6 heteroatoms. The van der Waals surface area contributed by atoms with Crippen LogP contribution in [0.15, 0.2) is 18.2 Å². The lowest BCUT2D eigenvalue weighted by Gasteiger charge is -2.31. The van der Waals surface area contributed by atoms with Crippen molar-refractivity contribution in [3.05, 3.63) is 40.7 Å². The number of hydrogen-bond donors (Lipinski definition) is 0. The van der Waals surface area contributed by atoms with E-state index in [-0.39, 0.29) is 11.9 Å². The Bertz CT molecular complexity index is 797. The summed E-state index contributed by atoms with van der Waals surface area (Å²) < 4.78 is 12.6. The minimum absolute atomic E-state index is 0.0895. The first-order valence-corrected chi connectivity index (χ1v) is 8.50. The second-order valence-corrected chi connectivity index (χ2v) is 6.53. The highest BCUT2D eigenvalue weighted by molar-refractivity contribution is 5.80. The van der Waals surface area contributed by atoms with Crippen molar-refractivity contribution in [1.29, 1.82) is 0 Å². The van der Waals surface area contributed by atoms with E-state index in [1.54, 1.807) is 14.2 Å². The van der Waals surface area contributed by atoms with E-state index in [9.17, 15) is 4.79 Å². The minimum atomic E-state index is -0.310. The molecule has 0 N–H and O–H groups in total. The van der Waals surface area contributed by atoms with Crippen molar-refractivity contribution in [1.82, 2.24) is 14.7 Å². The Morgan fingerprint density at radius 3 is 2.32 bits per heavy atom. The molecule has 0 saturated heterocycles. The van der Waals surface area contributed by atoms with Gasteiger partial charge in [-0.25, -0.2) is 0 Å². The van der Waals surface area contributed by atoms with Gasteiger partial charge in [-0.15, -0.1) is 0 Å². The Labute approximate surface area is 148 Å². The van der Waals surface area contributed by atoms with Crippen molar-refractivity contribution in [2.45, 2.75) is 39.8 Å². The Morgan fingerprint density at radius 1 is 1.12 bits per heavy atom. The van der Waals surface area contributed by atoms with Gasteiger partial charge in [0.1, 0.15) is 6.04 Å². The van der Waals surface area contributed by atoms with Gasteiger partial charge in [0.05, 0.1) is 19.9 Å². The fourth-order valence-corrected chi connectivity index (χ4v) is 3.48. The van der Waals surface area contributed by atoms with Gasteiger partial charge in [0, 0.05) is 18.8 Å². The molecule has 134 valence electrons. The molecule has 1 aromatic heterocycles. The number of benzene rings is 1. The van der Waals surface area contributed by atoms with Crippen LogP contribution in [0.3, 0.4) is 0 Å². The van der Waals surface area contributed by atoms with Crippen LogP contribution in [0.4, 0.5) is 0 Å². The van der Waals surface area contributed by atoms with Crippen LogP contribution in [-0.2, 0) is 17.8 Å². The first-order chi connectivity index (χ1) is 11.9. The molecular formula is C19H25N3O3. The highest BCUT2D eigenvalue weighted by atomic mass is 16.5. The van der Waals surface area contributed by atoms with E-state index in [4.69, 9.17) is 9.47 Å². The Balaban J connectivity index is 1.82. The molecule has 0 saturated carbocycles. The lowest BCUT2D eigenvalue weighted by Crippen LogP contribution is -2.40. The summed E-state index contributed by atoms with van der Waals surface area (Å²) >= 11 is 0. The van der Waals surface area contributed by atoms with Crippen LogP contribution in [0.1, 0.15) is 35.5 Å². The van der Waals surface area contributed by atoms with Crippen LogP contribution in [0.5, 0.6) is 11.5 Å². The number of fused-ring (bicyclic) bond motifs is 1. The van der Waals surface area contributed by atoms with E-state index in [1.807, 2.05) is 48.6 Å². The number of carbonyl (C=O) groups excluding carboxylic acids is 1. The van der Waals surface area contributed by atoms with Gasteiger partial charge in [-0.1, -0.05) is 0 Å². The average molecular weight is 343 g/mol. The highest BCUT2D eigenvalue weighted by Gasteiger charge is 2.27. The zero-order valence-corrected chi connectivity index (χ0v) is 15.5. The van der Waals surface area contributed by atoms with Gasteiger partial charge >= 0.3 is 0 Å². The molecule has 6 nitrogen and oxygen atoms in total. The lowest BCUT2D eigenvalue weighted by molar-refractivity contribution is -0.135. The molecule has 1 amide bonds. The molecule has 1 atom stereocenters. The van der Waals surface area contributed by atoms with Gasteiger partial charge in [0.25, 0.3) is 0 Å². The van der Waals surface area contributed by atoms with Crippen molar-refractivity contribution in [2.24, 2.45) is 0 Å². The number of aromatic nitrogens is 2. The smallest absolute Gasteiger partial charge is 0.247 e. The fourth-order valence-electron chi connectivity index (χ4n) is 3.48. The monoisotopic (exact) mass is 343 g/mol. The molecule has 2 aromatic rings. The molecule has 25 heavy (non-hydrogen) atoms. The highest BCUT2D eigenvalue weighted by Crippen LogP contribution is 2.33. The molecule has 0 radical (unpaired) electrons. The number of methoxy groups -OCH3 is 2. The van der Waals surface area contributed by atoms with Crippen LogP contribution < -0.4 is 9.47 Å². The third-order valence-corrected chi connectivity index (χ3v) is 4.80. The van der Waals surface area contributed by atoms with Gasteiger partial charge in [0.15, 0.2) is 11.5 Å². The lowest BCUT2D eigenvalue weighted by atomic mass is 9.98. The zero-order valence-electron chi connectivity index (χ0n) is 15.5. The maximum atomic E-state index is 13.0. The Kier molecular flexibility index (Phi) is 4.70. The topological polar surface area (TPSA) is 56.6 Å². The van der Waals surface area contributed by atoms with E-state index in [1.165, 1.54) is 5.56 Å². The van der Waals surface area contributed by atoms with E-state index < -0.39 is 0 Å². The predicted molar refractivity (Wildman–Crippen MR) is 95.1 cm³/mol. The molecular weight excluding hydrogens is 318 g/mol. The second-order valence-electron chi connectivity index (χ2n) is 6.53. The van der Waals surface area contributed by atoms with Gasteiger partial charge in [0.2, 0.25) is 5.91 Å². The summed E-state index contributed by atoms with van der Waals surface area (Å²) in [6, 6.07) is 5.67. The minimum Gasteiger partial charge on any atom is -0.493 e. The number of amides is 1. The molecule has 1 aliphatic rings. The van der Waals surface area contributed by atoms with Crippen molar-refractivity contribution in [3.8, 4) is 11.5 Å². The van der Waals surface area contributed by atoms with Gasteiger partial charge < -0.3 is 14.4 Å². The number of hydrogen-bond acceptors (Lipinski definition) is 4. The van der Waals surface area contributed by atoms with Crippen LogP contribution >= 0.6 is 0 Å². The Hall–Kier alpha value is -2.50. The van der Waals surface area contributed by atoms with Crippen molar-refractivity contribution < 1.29 is 14.3 Å². The summed E-state index contributed by atoms with van der Waals surface area (Å²) in [6.07, 6.45) is 0.811. The van der Waals surface area contributed by atoms with Crippen molar-refractivity contribution in [3.63, 3.8) is 0 Å². The number of rotatable bonds is 4. The standard InChI is InChI=1S/C19H25N3O3/c1-12-8-13(2)22(20-12)14(3)19(23)21-7-6-15-9-17(24-4)18(25-5)10-16(15)11-21/h8-10,14H,6-7,11H2,1-5H3/t14-/m0/s1. The largest absolute Gasteiger partial charge is 0.493 e. The second kappa shape index (κ2) is 6.78. The normalized spacial score (nSPS) is 14.8. The summed E-state index contributed by atoms with van der Waals surface area (Å²) in [5.74, 6) is 1.52. The van der Waals surface area contributed by atoms with Crippen molar-refractivity contribution >= 4 is 5.91 Å². The number of ether oxygens (including phenoxy) is 2. The van der Waals surface area contributed by atoms with Gasteiger partial charge in [-0.05, 0) is 56.5 Å². The van der Waals surface area contributed by atoms with E-state index in [0.717, 1.165) is 29.1 Å². The summed E-state index contributed by atoms with van der Waals surface area (Å²) in [7, 11) is 3.26. The zero-order chi connectivity index (χ0) is 18.1. The fraction of sp³-hybridized carbons (Fsp3) is 0.474. The van der Waals surface area contributed by atoms with Gasteiger partial charge in [-0.2, -0.15) is 5.10 Å². The SMILES string of the molecule is COc1cc2c(cc1OC)CN(C(=O)[C@H](C)n1nc(C)cc1C)CC2. The number of nitrogens with zero attached hydrogens (tertiary/aromatic N) is 3. The quantitative estimate of drug-likeness (QED) is 0.856. The van der Waals surface area contributed by atoms with Gasteiger partial charge in [-0.3, -0.25) is 9.48 Å². The van der Waals surface area contributed by atoms with Crippen LogP contribution in [0.2, 0.25) is 0 Å². The summed E-state index contributed by atoms with van der Waals surface area (Å²) in [4.78, 5) is 14.9. The molecule has 0 unspecified atom stereocenters. The summed E-state index contributed by atoms with van der Waals surface area (Å²) in [5.41, 5.74) is 4.25. The number of carbonyl (C=O) groups is 1. The molecule has 1 aliphatic heterocycles. The molecule has 2 heterocycles. The first-order valence-electron chi connectivity index (χ1n) is 8.50. The van der Waals surface area contributed by atoms with Crippen molar-refractivity contribution in [2.75, 3.05) is 20.8 Å². The van der Waals surface area contributed by atoms with Crippen LogP contribution in [-0.4, -0.2) is 41.4 Å². The van der Waals surface area contributed by atoms with Crippen LogP contribution in [0, 0.1) is 13.8 Å². The summed E-state index contributed by atoms with van der Waals surface area (Å²) in [5, 5.41) is 4.45. The maximum absolute atomic E-state index is 13.0. The molecule has 1 aromatic carbocycles. The summed E-state index contributed by atoms with van der Waals surface area (Å²) in [6.45, 7) is 7.11.